The third-order valence-corrected chi connectivity index (χ3v) is 5.28. The second kappa shape index (κ2) is 6.75. The highest BCUT2D eigenvalue weighted by Crippen LogP contribution is 2.20. The SMILES string of the molecule is Cc1sc(=O)n(CCc2nc([C@H]3CCCCCN3)no2)c1C. The molecule has 2 aromatic rings. The number of aromatic nitrogens is 3. The second-order valence-corrected chi connectivity index (χ2v) is 6.98. The van der Waals surface area contributed by atoms with Crippen LogP contribution < -0.4 is 10.2 Å². The van der Waals surface area contributed by atoms with Gasteiger partial charge in [0, 0.05) is 23.5 Å². The van der Waals surface area contributed by atoms with Crippen LogP contribution in [0, 0.1) is 13.8 Å². The standard InChI is InChI=1S/C15H22N4O2S/c1-10-11(2)22-15(20)19(10)9-7-13-17-14(18-21-13)12-6-4-3-5-8-16-12/h12,16H,3-9H2,1-2H3/t12-/m1/s1. The summed E-state index contributed by atoms with van der Waals surface area (Å²) in [6, 6.07) is 0.202. The first-order valence-electron chi connectivity index (χ1n) is 7.88. The van der Waals surface area contributed by atoms with Crippen LogP contribution in [0.5, 0.6) is 0 Å². The Bertz CT molecular complexity index is 680. The second-order valence-electron chi connectivity index (χ2n) is 5.81. The lowest BCUT2D eigenvalue weighted by molar-refractivity contribution is 0.358. The van der Waals surface area contributed by atoms with E-state index in [9.17, 15) is 4.79 Å². The maximum Gasteiger partial charge on any atom is 0.307 e. The van der Waals surface area contributed by atoms with E-state index in [2.05, 4.69) is 15.5 Å². The van der Waals surface area contributed by atoms with Crippen molar-refractivity contribution in [1.29, 1.82) is 0 Å². The molecule has 0 unspecified atom stereocenters. The van der Waals surface area contributed by atoms with Gasteiger partial charge in [0.1, 0.15) is 0 Å². The van der Waals surface area contributed by atoms with E-state index in [0.29, 0.717) is 18.9 Å². The molecule has 0 bridgehead atoms. The first kappa shape index (κ1) is 15.4. The van der Waals surface area contributed by atoms with Crippen LogP contribution in [0.4, 0.5) is 0 Å². The van der Waals surface area contributed by atoms with Crippen molar-refractivity contribution in [1.82, 2.24) is 20.0 Å². The summed E-state index contributed by atoms with van der Waals surface area (Å²) in [5, 5.41) is 7.58. The lowest BCUT2D eigenvalue weighted by Gasteiger charge is -2.09. The summed E-state index contributed by atoms with van der Waals surface area (Å²) >= 11 is 1.29. The van der Waals surface area contributed by atoms with Gasteiger partial charge in [-0.05, 0) is 33.2 Å². The van der Waals surface area contributed by atoms with Gasteiger partial charge in [0.05, 0.1) is 6.04 Å². The van der Waals surface area contributed by atoms with Gasteiger partial charge in [-0.25, -0.2) is 0 Å². The predicted octanol–water partition coefficient (Wildman–Crippen LogP) is 2.36. The zero-order valence-corrected chi connectivity index (χ0v) is 13.9. The van der Waals surface area contributed by atoms with Crippen molar-refractivity contribution in [3.05, 3.63) is 32.0 Å². The van der Waals surface area contributed by atoms with Crippen LogP contribution in [0.1, 0.15) is 54.0 Å². The van der Waals surface area contributed by atoms with Crippen LogP contribution in [-0.4, -0.2) is 21.3 Å². The van der Waals surface area contributed by atoms with Crippen molar-refractivity contribution in [2.75, 3.05) is 6.54 Å². The minimum absolute atomic E-state index is 0.0835. The van der Waals surface area contributed by atoms with Gasteiger partial charge in [0.2, 0.25) is 5.89 Å². The maximum absolute atomic E-state index is 11.9. The first-order valence-corrected chi connectivity index (χ1v) is 8.69. The van der Waals surface area contributed by atoms with E-state index in [-0.39, 0.29) is 10.9 Å². The topological polar surface area (TPSA) is 73.0 Å². The van der Waals surface area contributed by atoms with E-state index in [1.54, 1.807) is 4.57 Å². The fourth-order valence-electron chi connectivity index (χ4n) is 2.81. The maximum atomic E-state index is 11.9. The molecular weight excluding hydrogens is 300 g/mol. The van der Waals surface area contributed by atoms with Crippen LogP contribution in [0.2, 0.25) is 0 Å². The fraction of sp³-hybridized carbons (Fsp3) is 0.667. The molecule has 1 fully saturated rings. The third-order valence-electron chi connectivity index (χ3n) is 4.28. The van der Waals surface area contributed by atoms with E-state index in [0.717, 1.165) is 29.4 Å². The number of hydrogen-bond acceptors (Lipinski definition) is 6. The summed E-state index contributed by atoms with van der Waals surface area (Å²) in [5.74, 6) is 1.36. The molecule has 22 heavy (non-hydrogen) atoms. The quantitative estimate of drug-likeness (QED) is 0.935. The molecule has 3 heterocycles. The Hall–Kier alpha value is -1.47. The summed E-state index contributed by atoms with van der Waals surface area (Å²) in [6.45, 7) is 5.55. The third kappa shape index (κ3) is 3.30. The van der Waals surface area contributed by atoms with Crippen LogP contribution in [0.3, 0.4) is 0 Å². The summed E-state index contributed by atoms with van der Waals surface area (Å²) in [4.78, 5) is 17.5. The average Bonchev–Trinajstić information content (AvgIpc) is 2.92. The summed E-state index contributed by atoms with van der Waals surface area (Å²) in [5.41, 5.74) is 1.03. The minimum Gasteiger partial charge on any atom is -0.339 e. The molecule has 0 saturated carbocycles. The smallest absolute Gasteiger partial charge is 0.307 e. The van der Waals surface area contributed by atoms with E-state index in [4.69, 9.17) is 4.52 Å². The molecule has 0 spiro atoms. The highest BCUT2D eigenvalue weighted by molar-refractivity contribution is 7.09. The zero-order chi connectivity index (χ0) is 15.5. The van der Waals surface area contributed by atoms with Gasteiger partial charge < -0.3 is 14.4 Å². The van der Waals surface area contributed by atoms with Crippen molar-refractivity contribution in [2.24, 2.45) is 0 Å². The summed E-state index contributed by atoms with van der Waals surface area (Å²) in [7, 11) is 0. The molecule has 1 aliphatic heterocycles. The highest BCUT2D eigenvalue weighted by Gasteiger charge is 2.19. The van der Waals surface area contributed by atoms with Crippen molar-refractivity contribution in [3.8, 4) is 0 Å². The number of nitrogens with zero attached hydrogens (tertiary/aromatic N) is 3. The van der Waals surface area contributed by atoms with Gasteiger partial charge in [-0.1, -0.05) is 29.3 Å². The lowest BCUT2D eigenvalue weighted by atomic mass is 10.1. The molecule has 1 N–H and O–H groups in total. The van der Waals surface area contributed by atoms with Gasteiger partial charge in [-0.3, -0.25) is 4.79 Å². The van der Waals surface area contributed by atoms with Crippen molar-refractivity contribution in [2.45, 2.75) is 58.5 Å². The lowest BCUT2D eigenvalue weighted by Crippen LogP contribution is -2.21. The molecule has 2 aromatic heterocycles. The minimum atomic E-state index is 0.0835. The Morgan fingerprint density at radius 3 is 3.00 bits per heavy atom. The fourth-order valence-corrected chi connectivity index (χ4v) is 3.67. The summed E-state index contributed by atoms with van der Waals surface area (Å²) in [6.07, 6.45) is 5.32. The first-order chi connectivity index (χ1) is 10.6. The van der Waals surface area contributed by atoms with Gasteiger partial charge in [-0.2, -0.15) is 4.98 Å². The van der Waals surface area contributed by atoms with Gasteiger partial charge in [-0.15, -0.1) is 0 Å². The molecule has 7 heteroatoms. The number of aryl methyl sites for hydroxylation is 2. The molecule has 6 nitrogen and oxygen atoms in total. The van der Waals surface area contributed by atoms with Crippen molar-refractivity contribution in [3.63, 3.8) is 0 Å². The van der Waals surface area contributed by atoms with Gasteiger partial charge >= 0.3 is 4.87 Å². The molecule has 0 radical (unpaired) electrons. The van der Waals surface area contributed by atoms with Crippen LogP contribution in [0.25, 0.3) is 0 Å². The molecular formula is C15H22N4O2S. The van der Waals surface area contributed by atoms with E-state index in [1.165, 1.54) is 30.6 Å². The van der Waals surface area contributed by atoms with Gasteiger partial charge in [0.25, 0.3) is 0 Å². The molecule has 1 aliphatic rings. The molecule has 1 saturated heterocycles. The Labute approximate surface area is 133 Å². The Kier molecular flexibility index (Phi) is 4.73. The monoisotopic (exact) mass is 322 g/mol. The number of nitrogens with one attached hydrogen (secondary N) is 1. The van der Waals surface area contributed by atoms with Crippen LogP contribution >= 0.6 is 11.3 Å². The van der Waals surface area contributed by atoms with E-state index < -0.39 is 0 Å². The molecule has 0 amide bonds. The zero-order valence-electron chi connectivity index (χ0n) is 13.1. The summed E-state index contributed by atoms with van der Waals surface area (Å²) < 4.78 is 7.14. The highest BCUT2D eigenvalue weighted by atomic mass is 32.1. The number of hydrogen-bond donors (Lipinski definition) is 1. The largest absolute Gasteiger partial charge is 0.339 e. The normalized spacial score (nSPS) is 19.3. The van der Waals surface area contributed by atoms with Crippen molar-refractivity contribution >= 4 is 11.3 Å². The Morgan fingerprint density at radius 2 is 2.23 bits per heavy atom. The molecule has 3 rings (SSSR count). The van der Waals surface area contributed by atoms with Gasteiger partial charge in [0.15, 0.2) is 5.82 Å². The predicted molar refractivity (Wildman–Crippen MR) is 85.3 cm³/mol. The molecule has 0 aromatic carbocycles. The number of rotatable bonds is 4. The Morgan fingerprint density at radius 1 is 1.36 bits per heavy atom. The molecule has 120 valence electrons. The van der Waals surface area contributed by atoms with E-state index in [1.807, 2.05) is 13.8 Å². The van der Waals surface area contributed by atoms with Crippen LogP contribution in [-0.2, 0) is 13.0 Å². The Balaban J connectivity index is 1.65. The molecule has 0 aliphatic carbocycles. The van der Waals surface area contributed by atoms with Crippen molar-refractivity contribution < 1.29 is 4.52 Å². The average molecular weight is 322 g/mol. The number of thiazole rings is 1. The van der Waals surface area contributed by atoms with E-state index >= 15 is 0 Å². The molecule has 1 atom stereocenters. The van der Waals surface area contributed by atoms with Crippen LogP contribution in [0.15, 0.2) is 9.32 Å².